The maximum absolute atomic E-state index is 12.7. The lowest BCUT2D eigenvalue weighted by molar-refractivity contribution is 0.0730. The number of aromatic amines is 1. The van der Waals surface area contributed by atoms with Crippen molar-refractivity contribution in [2.24, 2.45) is 0 Å². The first-order chi connectivity index (χ1) is 14.5. The van der Waals surface area contributed by atoms with Crippen LogP contribution in [0.5, 0.6) is 0 Å². The van der Waals surface area contributed by atoms with E-state index >= 15 is 0 Å². The van der Waals surface area contributed by atoms with Crippen molar-refractivity contribution in [3.05, 3.63) is 53.3 Å². The Hall–Kier alpha value is -2.20. The molecule has 2 aromatic rings. The number of nitrogens with one attached hydrogen (secondary N) is 2. The highest BCUT2D eigenvalue weighted by Crippen LogP contribution is 2.18. The Balaban J connectivity index is 1.65. The predicted octanol–water partition coefficient (Wildman–Crippen LogP) is 1.81. The van der Waals surface area contributed by atoms with Gasteiger partial charge in [-0.2, -0.15) is 4.31 Å². The summed E-state index contributed by atoms with van der Waals surface area (Å²) in [5, 5.41) is 2.89. The molecule has 1 aliphatic heterocycles. The molecule has 2 heterocycles. The van der Waals surface area contributed by atoms with Gasteiger partial charge in [-0.25, -0.2) is 8.42 Å². The van der Waals surface area contributed by atoms with Gasteiger partial charge in [0.2, 0.25) is 10.0 Å². The number of sulfonamides is 1. The fourth-order valence-electron chi connectivity index (χ4n) is 3.43. The fourth-order valence-corrected chi connectivity index (χ4v) is 4.84. The second kappa shape index (κ2) is 10.2. The van der Waals surface area contributed by atoms with Crippen LogP contribution in [0.1, 0.15) is 35.5 Å². The van der Waals surface area contributed by atoms with E-state index in [-0.39, 0.29) is 16.5 Å². The molecule has 30 heavy (non-hydrogen) atoms. The molecule has 1 amide bonds. The molecule has 1 aromatic heterocycles. The maximum atomic E-state index is 12.7. The number of amides is 1. The van der Waals surface area contributed by atoms with E-state index in [2.05, 4.69) is 35.1 Å². The molecule has 0 bridgehead atoms. The van der Waals surface area contributed by atoms with Crippen LogP contribution in [0.15, 0.2) is 41.4 Å². The molecule has 0 aliphatic carbocycles. The van der Waals surface area contributed by atoms with Crippen LogP contribution < -0.4 is 5.32 Å². The van der Waals surface area contributed by atoms with Crippen LogP contribution >= 0.6 is 0 Å². The van der Waals surface area contributed by atoms with Gasteiger partial charge in [-0.15, -0.1) is 0 Å². The number of hydrogen-bond acceptors (Lipinski definition) is 5. The normalized spacial score (nSPS) is 15.4. The molecule has 164 valence electrons. The van der Waals surface area contributed by atoms with Crippen LogP contribution in [0.2, 0.25) is 0 Å². The monoisotopic (exact) mass is 434 g/mol. The Kier molecular flexibility index (Phi) is 7.65. The number of rotatable bonds is 9. The largest absolute Gasteiger partial charge is 0.379 e. The molecule has 1 fully saturated rings. The molecular formula is C21H30N4O4S. The molecule has 1 aromatic carbocycles. The van der Waals surface area contributed by atoms with Crippen molar-refractivity contribution < 1.29 is 17.9 Å². The number of ether oxygens (including phenoxy) is 1. The highest BCUT2D eigenvalue weighted by atomic mass is 32.2. The average molecular weight is 435 g/mol. The number of morpholine rings is 1. The predicted molar refractivity (Wildman–Crippen MR) is 115 cm³/mol. The van der Waals surface area contributed by atoms with Crippen molar-refractivity contribution >= 4 is 15.9 Å². The highest BCUT2D eigenvalue weighted by molar-refractivity contribution is 7.89. The summed E-state index contributed by atoms with van der Waals surface area (Å²) in [6.45, 7) is 8.76. The van der Waals surface area contributed by atoms with Gasteiger partial charge in [-0.3, -0.25) is 9.69 Å². The Bertz CT molecular complexity index is 947. The van der Waals surface area contributed by atoms with Crippen LogP contribution in [0.4, 0.5) is 0 Å². The second-order valence-electron chi connectivity index (χ2n) is 7.18. The first kappa shape index (κ1) is 22.5. The Labute approximate surface area is 178 Å². The topological polar surface area (TPSA) is 94.7 Å². The number of benzene rings is 1. The van der Waals surface area contributed by atoms with Gasteiger partial charge >= 0.3 is 0 Å². The van der Waals surface area contributed by atoms with Crippen LogP contribution in [-0.2, 0) is 27.8 Å². The zero-order chi connectivity index (χ0) is 21.6. The first-order valence-electron chi connectivity index (χ1n) is 10.3. The van der Waals surface area contributed by atoms with E-state index in [9.17, 15) is 13.2 Å². The van der Waals surface area contributed by atoms with Crippen LogP contribution in [0, 0.1) is 0 Å². The molecule has 2 N–H and O–H groups in total. The number of carbonyl (C=O) groups excluding carboxylic acids is 1. The smallest absolute Gasteiger partial charge is 0.268 e. The Morgan fingerprint density at radius 3 is 2.50 bits per heavy atom. The zero-order valence-corrected chi connectivity index (χ0v) is 18.4. The molecule has 8 nitrogen and oxygen atoms in total. The van der Waals surface area contributed by atoms with Crippen molar-refractivity contribution in [2.75, 3.05) is 39.4 Å². The van der Waals surface area contributed by atoms with E-state index in [1.807, 2.05) is 18.2 Å². The van der Waals surface area contributed by atoms with E-state index in [0.717, 1.165) is 25.2 Å². The first-order valence-corrected chi connectivity index (χ1v) is 11.7. The summed E-state index contributed by atoms with van der Waals surface area (Å²) in [5.41, 5.74) is 2.44. The molecule has 0 spiro atoms. The van der Waals surface area contributed by atoms with Gasteiger partial charge in [0.05, 0.1) is 13.2 Å². The highest BCUT2D eigenvalue weighted by Gasteiger charge is 2.28. The quantitative estimate of drug-likeness (QED) is 0.628. The fraction of sp³-hybridized carbons (Fsp3) is 0.476. The van der Waals surface area contributed by atoms with E-state index in [0.29, 0.717) is 32.8 Å². The van der Waals surface area contributed by atoms with Crippen molar-refractivity contribution in [3.8, 4) is 0 Å². The maximum Gasteiger partial charge on any atom is 0.268 e. The van der Waals surface area contributed by atoms with Gasteiger partial charge in [0.1, 0.15) is 10.6 Å². The molecule has 0 atom stereocenters. The van der Waals surface area contributed by atoms with Crippen LogP contribution in [-0.4, -0.2) is 67.9 Å². The molecule has 0 saturated carbocycles. The van der Waals surface area contributed by atoms with E-state index in [1.165, 1.54) is 22.1 Å². The third-order valence-electron chi connectivity index (χ3n) is 5.36. The van der Waals surface area contributed by atoms with Crippen LogP contribution in [0.25, 0.3) is 0 Å². The summed E-state index contributed by atoms with van der Waals surface area (Å²) in [7, 11) is -3.63. The summed E-state index contributed by atoms with van der Waals surface area (Å²) in [5.74, 6) is -0.337. The summed E-state index contributed by atoms with van der Waals surface area (Å²) in [6, 6.07) is 9.41. The summed E-state index contributed by atoms with van der Waals surface area (Å²) >= 11 is 0. The average Bonchev–Trinajstić information content (AvgIpc) is 3.28. The Morgan fingerprint density at radius 2 is 1.83 bits per heavy atom. The Morgan fingerprint density at radius 1 is 1.17 bits per heavy atom. The van der Waals surface area contributed by atoms with Gasteiger partial charge in [0.15, 0.2) is 0 Å². The van der Waals surface area contributed by atoms with Gasteiger partial charge in [0.25, 0.3) is 5.91 Å². The second-order valence-corrected chi connectivity index (χ2v) is 9.12. The third kappa shape index (κ3) is 5.28. The minimum Gasteiger partial charge on any atom is -0.379 e. The lowest BCUT2D eigenvalue weighted by atomic mass is 10.1. The van der Waals surface area contributed by atoms with Crippen molar-refractivity contribution in [2.45, 2.75) is 31.8 Å². The van der Waals surface area contributed by atoms with Gasteiger partial charge in [-0.05, 0) is 30.3 Å². The van der Waals surface area contributed by atoms with Crippen molar-refractivity contribution in [3.63, 3.8) is 0 Å². The standard InChI is InChI=1S/C21H30N4O4S/c1-3-24(4-2)16-18-8-6-5-7-17(18)14-23-21(26)20-13-19(15-22-20)30(27,28)25-9-11-29-12-10-25/h5-8,13,15,22H,3-4,9-12,14,16H2,1-2H3,(H,23,26). The summed E-state index contributed by atoms with van der Waals surface area (Å²) in [6.07, 6.45) is 1.37. The third-order valence-corrected chi connectivity index (χ3v) is 7.23. The van der Waals surface area contributed by atoms with E-state index in [4.69, 9.17) is 4.74 Å². The lowest BCUT2D eigenvalue weighted by Crippen LogP contribution is -2.40. The molecule has 3 rings (SSSR count). The van der Waals surface area contributed by atoms with E-state index in [1.54, 1.807) is 0 Å². The molecule has 0 unspecified atom stereocenters. The van der Waals surface area contributed by atoms with Gasteiger partial charge in [-0.1, -0.05) is 38.1 Å². The summed E-state index contributed by atoms with van der Waals surface area (Å²) in [4.78, 5) is 17.8. The van der Waals surface area contributed by atoms with E-state index < -0.39 is 10.0 Å². The van der Waals surface area contributed by atoms with Crippen molar-refractivity contribution in [1.29, 1.82) is 0 Å². The molecule has 9 heteroatoms. The number of aromatic nitrogens is 1. The van der Waals surface area contributed by atoms with Crippen LogP contribution in [0.3, 0.4) is 0 Å². The molecular weight excluding hydrogens is 404 g/mol. The van der Waals surface area contributed by atoms with Gasteiger partial charge < -0.3 is 15.0 Å². The molecule has 1 saturated heterocycles. The SMILES string of the molecule is CCN(CC)Cc1ccccc1CNC(=O)c1cc(S(=O)(=O)N2CCOCC2)c[nH]1. The minimum atomic E-state index is -3.63. The minimum absolute atomic E-state index is 0.0940. The number of H-pyrrole nitrogens is 1. The molecule has 1 aliphatic rings. The number of carbonyl (C=O) groups is 1. The zero-order valence-electron chi connectivity index (χ0n) is 17.6. The van der Waals surface area contributed by atoms with Gasteiger partial charge in [0, 0.05) is 32.4 Å². The van der Waals surface area contributed by atoms with Crippen molar-refractivity contribution in [1.82, 2.24) is 19.5 Å². The number of hydrogen-bond donors (Lipinski definition) is 2. The molecule has 0 radical (unpaired) electrons. The number of nitrogens with zero attached hydrogens (tertiary/aromatic N) is 2. The summed E-state index contributed by atoms with van der Waals surface area (Å²) < 4.78 is 32.0. The lowest BCUT2D eigenvalue weighted by Gasteiger charge is -2.25.